The molecule has 0 saturated carbocycles. The zero-order valence-electron chi connectivity index (χ0n) is 12.2. The lowest BCUT2D eigenvalue weighted by Gasteiger charge is -2.16. The lowest BCUT2D eigenvalue weighted by atomic mass is 10.1. The summed E-state index contributed by atoms with van der Waals surface area (Å²) >= 11 is 0. The number of likely N-dealkylation sites (tertiary alicyclic amines) is 1. The summed E-state index contributed by atoms with van der Waals surface area (Å²) in [6, 6.07) is 4.67. The summed E-state index contributed by atoms with van der Waals surface area (Å²) in [5, 5.41) is 14.0. The molecule has 1 aromatic rings. The van der Waals surface area contributed by atoms with E-state index in [0.717, 1.165) is 13.0 Å². The number of nitro groups is 1. The molecule has 1 fully saturated rings. The van der Waals surface area contributed by atoms with Crippen LogP contribution in [0.25, 0.3) is 0 Å². The zero-order valence-corrected chi connectivity index (χ0v) is 13.0. The Kier molecular flexibility index (Phi) is 6.11. The maximum Gasteiger partial charge on any atom is 0.273 e. The molecule has 1 atom stereocenters. The van der Waals surface area contributed by atoms with Gasteiger partial charge in [0.05, 0.1) is 4.92 Å². The number of hydrogen-bond acceptors (Lipinski definition) is 4. The summed E-state index contributed by atoms with van der Waals surface area (Å²) in [6.45, 7) is 3.98. The van der Waals surface area contributed by atoms with E-state index in [2.05, 4.69) is 5.32 Å². The smallest absolute Gasteiger partial charge is 0.273 e. The molecule has 0 aromatic heterocycles. The number of amides is 1. The molecule has 21 heavy (non-hydrogen) atoms. The second kappa shape index (κ2) is 7.38. The van der Waals surface area contributed by atoms with Crippen molar-refractivity contribution in [2.45, 2.75) is 13.3 Å². The van der Waals surface area contributed by atoms with Crippen LogP contribution in [0, 0.1) is 23.0 Å². The van der Waals surface area contributed by atoms with Gasteiger partial charge in [0.25, 0.3) is 11.6 Å². The van der Waals surface area contributed by atoms with E-state index in [1.165, 1.54) is 6.07 Å². The molecule has 0 bridgehead atoms. The molecule has 0 spiro atoms. The highest BCUT2D eigenvalue weighted by atomic mass is 35.5. The molecule has 1 unspecified atom stereocenters. The number of aryl methyl sites for hydroxylation is 1. The largest absolute Gasteiger partial charge is 0.338 e. The second-order valence-corrected chi connectivity index (χ2v) is 5.22. The number of benzene rings is 1. The fraction of sp³-hybridized carbons (Fsp3) is 0.500. The molecule has 7 heteroatoms. The van der Waals surface area contributed by atoms with Crippen LogP contribution in [-0.2, 0) is 0 Å². The average Bonchev–Trinajstić information content (AvgIpc) is 2.87. The van der Waals surface area contributed by atoms with E-state index < -0.39 is 4.92 Å². The van der Waals surface area contributed by atoms with E-state index in [0.29, 0.717) is 30.1 Å². The normalized spacial score (nSPS) is 17.4. The molecule has 6 nitrogen and oxygen atoms in total. The van der Waals surface area contributed by atoms with Gasteiger partial charge in [-0.15, -0.1) is 12.4 Å². The van der Waals surface area contributed by atoms with Crippen LogP contribution in [0.5, 0.6) is 0 Å². The van der Waals surface area contributed by atoms with Gasteiger partial charge in [-0.2, -0.15) is 0 Å². The molecule has 1 amide bonds. The molecule has 1 N–H and O–H groups in total. The third kappa shape index (κ3) is 3.92. The minimum Gasteiger partial charge on any atom is -0.338 e. The fourth-order valence-electron chi connectivity index (χ4n) is 2.59. The van der Waals surface area contributed by atoms with E-state index in [1.807, 2.05) is 7.05 Å². The number of rotatable bonds is 4. The number of halogens is 1. The van der Waals surface area contributed by atoms with Gasteiger partial charge in [-0.1, -0.05) is 6.07 Å². The second-order valence-electron chi connectivity index (χ2n) is 5.22. The molecule has 1 aliphatic rings. The Morgan fingerprint density at radius 2 is 2.24 bits per heavy atom. The van der Waals surface area contributed by atoms with E-state index in [9.17, 15) is 14.9 Å². The predicted molar refractivity (Wildman–Crippen MR) is 83.0 cm³/mol. The van der Waals surface area contributed by atoms with Crippen molar-refractivity contribution in [3.63, 3.8) is 0 Å². The van der Waals surface area contributed by atoms with Crippen molar-refractivity contribution in [1.29, 1.82) is 0 Å². The Hall–Kier alpha value is -1.66. The van der Waals surface area contributed by atoms with Crippen molar-refractivity contribution in [2.24, 2.45) is 5.92 Å². The van der Waals surface area contributed by atoms with Gasteiger partial charge in [-0.05, 0) is 38.9 Å². The zero-order chi connectivity index (χ0) is 14.7. The number of carbonyl (C=O) groups is 1. The Labute approximate surface area is 130 Å². The fourth-order valence-corrected chi connectivity index (χ4v) is 2.59. The van der Waals surface area contributed by atoms with Crippen LogP contribution in [-0.4, -0.2) is 42.4 Å². The van der Waals surface area contributed by atoms with Gasteiger partial charge in [0.15, 0.2) is 0 Å². The van der Waals surface area contributed by atoms with Crippen LogP contribution < -0.4 is 5.32 Å². The molecular weight excluding hydrogens is 294 g/mol. The van der Waals surface area contributed by atoms with E-state index in [-0.39, 0.29) is 24.0 Å². The van der Waals surface area contributed by atoms with Crippen molar-refractivity contribution in [2.75, 3.05) is 26.7 Å². The standard InChI is InChI=1S/C14H19N3O3.ClH/c1-10-3-4-12(7-13(10)17(19)20)14(18)16-6-5-11(9-16)8-15-2;/h3-4,7,11,15H,5-6,8-9H2,1-2H3;1H. The monoisotopic (exact) mass is 313 g/mol. The Morgan fingerprint density at radius 1 is 1.52 bits per heavy atom. The Morgan fingerprint density at radius 3 is 2.86 bits per heavy atom. The first-order valence-corrected chi connectivity index (χ1v) is 6.72. The highest BCUT2D eigenvalue weighted by Crippen LogP contribution is 2.23. The quantitative estimate of drug-likeness (QED) is 0.681. The van der Waals surface area contributed by atoms with Crippen LogP contribution in [0.15, 0.2) is 18.2 Å². The molecule has 1 heterocycles. The maximum absolute atomic E-state index is 12.4. The number of nitrogens with zero attached hydrogens (tertiary/aromatic N) is 2. The molecule has 0 radical (unpaired) electrons. The third-order valence-corrected chi connectivity index (χ3v) is 3.72. The minimum atomic E-state index is -0.445. The number of nitrogens with one attached hydrogen (secondary N) is 1. The first-order valence-electron chi connectivity index (χ1n) is 6.72. The average molecular weight is 314 g/mol. The predicted octanol–water partition coefficient (Wildman–Crippen LogP) is 2.01. The van der Waals surface area contributed by atoms with E-state index in [4.69, 9.17) is 0 Å². The summed E-state index contributed by atoms with van der Waals surface area (Å²) in [7, 11) is 1.90. The first kappa shape index (κ1) is 17.4. The Balaban J connectivity index is 0.00000220. The van der Waals surface area contributed by atoms with Crippen molar-refractivity contribution >= 4 is 24.0 Å². The maximum atomic E-state index is 12.4. The highest BCUT2D eigenvalue weighted by Gasteiger charge is 2.27. The van der Waals surface area contributed by atoms with Crippen molar-refractivity contribution in [3.05, 3.63) is 39.4 Å². The first-order chi connectivity index (χ1) is 9.52. The SMILES string of the molecule is CNCC1CCN(C(=O)c2ccc(C)c([N+](=O)[O-])c2)C1.Cl. The van der Waals surface area contributed by atoms with Crippen LogP contribution in [0.1, 0.15) is 22.3 Å². The van der Waals surface area contributed by atoms with Crippen molar-refractivity contribution < 1.29 is 9.72 Å². The molecule has 116 valence electrons. The van der Waals surface area contributed by atoms with Crippen LogP contribution in [0.4, 0.5) is 5.69 Å². The molecule has 1 aliphatic heterocycles. The van der Waals surface area contributed by atoms with Crippen LogP contribution >= 0.6 is 12.4 Å². The summed E-state index contributed by atoms with van der Waals surface area (Å²) in [6.07, 6.45) is 0.973. The van der Waals surface area contributed by atoms with Crippen molar-refractivity contribution in [1.82, 2.24) is 10.2 Å². The molecule has 1 saturated heterocycles. The lowest BCUT2D eigenvalue weighted by Crippen LogP contribution is -2.30. The highest BCUT2D eigenvalue weighted by molar-refractivity contribution is 5.95. The van der Waals surface area contributed by atoms with Gasteiger partial charge in [0, 0.05) is 30.3 Å². The summed E-state index contributed by atoms with van der Waals surface area (Å²) < 4.78 is 0. The number of nitro benzene ring substituents is 1. The van der Waals surface area contributed by atoms with Crippen LogP contribution in [0.2, 0.25) is 0 Å². The molecule has 1 aromatic carbocycles. The van der Waals surface area contributed by atoms with E-state index in [1.54, 1.807) is 24.0 Å². The van der Waals surface area contributed by atoms with Gasteiger partial charge in [-0.3, -0.25) is 14.9 Å². The number of hydrogen-bond donors (Lipinski definition) is 1. The molecule has 2 rings (SSSR count). The number of carbonyl (C=O) groups excluding carboxylic acids is 1. The van der Waals surface area contributed by atoms with Gasteiger partial charge >= 0.3 is 0 Å². The summed E-state index contributed by atoms with van der Waals surface area (Å²) in [5.41, 5.74) is 0.968. The van der Waals surface area contributed by atoms with Crippen LogP contribution in [0.3, 0.4) is 0 Å². The topological polar surface area (TPSA) is 75.5 Å². The molecular formula is C14H20ClN3O3. The van der Waals surface area contributed by atoms with Gasteiger partial charge in [0.1, 0.15) is 0 Å². The molecule has 0 aliphatic carbocycles. The van der Waals surface area contributed by atoms with E-state index >= 15 is 0 Å². The van der Waals surface area contributed by atoms with Gasteiger partial charge < -0.3 is 10.2 Å². The minimum absolute atomic E-state index is 0. The summed E-state index contributed by atoms with van der Waals surface area (Å²) in [4.78, 5) is 24.6. The Bertz CT molecular complexity index is 536. The van der Waals surface area contributed by atoms with Gasteiger partial charge in [0.2, 0.25) is 0 Å². The van der Waals surface area contributed by atoms with Gasteiger partial charge in [-0.25, -0.2) is 0 Å². The lowest BCUT2D eigenvalue weighted by molar-refractivity contribution is -0.385. The summed E-state index contributed by atoms with van der Waals surface area (Å²) in [5.74, 6) is 0.344. The van der Waals surface area contributed by atoms with Crippen molar-refractivity contribution in [3.8, 4) is 0 Å². The third-order valence-electron chi connectivity index (χ3n) is 3.72.